The van der Waals surface area contributed by atoms with E-state index >= 15 is 0 Å². The maximum absolute atomic E-state index is 10.9. The van der Waals surface area contributed by atoms with Crippen molar-refractivity contribution < 1.29 is 14.6 Å². The summed E-state index contributed by atoms with van der Waals surface area (Å²) in [6.07, 6.45) is 0.847. The van der Waals surface area contributed by atoms with E-state index < -0.39 is 0 Å². The minimum atomic E-state index is -0.344. The van der Waals surface area contributed by atoms with E-state index in [9.17, 15) is 4.79 Å². The Morgan fingerprint density at radius 1 is 1.50 bits per heavy atom. The lowest BCUT2D eigenvalue weighted by Gasteiger charge is -2.12. The van der Waals surface area contributed by atoms with Crippen molar-refractivity contribution in [2.24, 2.45) is 0 Å². The van der Waals surface area contributed by atoms with Crippen molar-refractivity contribution in [3.63, 3.8) is 0 Å². The zero-order valence-corrected chi connectivity index (χ0v) is 9.69. The van der Waals surface area contributed by atoms with Crippen LogP contribution >= 0.6 is 0 Å². The smallest absolute Gasteiger partial charge is 0.308 e. The van der Waals surface area contributed by atoms with E-state index in [1.165, 1.54) is 6.92 Å². The molecule has 0 bridgehead atoms. The van der Waals surface area contributed by atoms with E-state index in [2.05, 4.69) is 6.92 Å². The molecule has 0 spiro atoms. The Balaban J connectivity index is 3.05. The summed E-state index contributed by atoms with van der Waals surface area (Å²) in [4.78, 5) is 10.9. The average Bonchev–Trinajstić information content (AvgIpc) is 2.26. The number of rotatable bonds is 4. The highest BCUT2D eigenvalue weighted by Gasteiger charge is 2.08. The zero-order chi connectivity index (χ0) is 12.1. The second kappa shape index (κ2) is 5.66. The minimum absolute atomic E-state index is 0.0212. The lowest BCUT2D eigenvalue weighted by molar-refractivity contribution is -0.131. The second-order valence-corrected chi connectivity index (χ2v) is 3.74. The number of carbonyl (C=O) groups excluding carboxylic acids is 1. The highest BCUT2D eigenvalue weighted by Crippen LogP contribution is 2.23. The lowest BCUT2D eigenvalue weighted by Crippen LogP contribution is -2.05. The van der Waals surface area contributed by atoms with Crippen molar-refractivity contribution >= 4 is 5.97 Å². The van der Waals surface area contributed by atoms with Crippen LogP contribution < -0.4 is 4.74 Å². The molecule has 1 aromatic rings. The molecule has 0 aromatic heterocycles. The lowest BCUT2D eigenvalue weighted by atomic mass is 9.98. The minimum Gasteiger partial charge on any atom is -0.427 e. The molecular weight excluding hydrogens is 204 g/mol. The van der Waals surface area contributed by atoms with Crippen LogP contribution in [-0.2, 0) is 11.2 Å². The third kappa shape index (κ3) is 3.35. The van der Waals surface area contributed by atoms with E-state index in [1.807, 2.05) is 19.1 Å². The van der Waals surface area contributed by atoms with Crippen LogP contribution in [0.1, 0.15) is 30.9 Å². The van der Waals surface area contributed by atoms with E-state index in [1.54, 1.807) is 6.07 Å². The van der Waals surface area contributed by atoms with Gasteiger partial charge in [-0.2, -0.15) is 0 Å². The quantitative estimate of drug-likeness (QED) is 0.625. The fourth-order valence-corrected chi connectivity index (χ4v) is 1.46. The van der Waals surface area contributed by atoms with Gasteiger partial charge < -0.3 is 9.84 Å². The van der Waals surface area contributed by atoms with Gasteiger partial charge in [0.1, 0.15) is 5.75 Å². The Morgan fingerprint density at radius 3 is 2.69 bits per heavy atom. The van der Waals surface area contributed by atoms with Crippen molar-refractivity contribution in [2.75, 3.05) is 6.61 Å². The van der Waals surface area contributed by atoms with Gasteiger partial charge in [-0.3, -0.25) is 4.79 Å². The Labute approximate surface area is 96.1 Å². The first-order chi connectivity index (χ1) is 7.56. The van der Waals surface area contributed by atoms with Crippen LogP contribution in [0.5, 0.6) is 5.75 Å². The van der Waals surface area contributed by atoms with Crippen molar-refractivity contribution in [1.82, 2.24) is 0 Å². The van der Waals surface area contributed by atoms with E-state index in [0.29, 0.717) is 5.75 Å². The summed E-state index contributed by atoms with van der Waals surface area (Å²) in [5, 5.41) is 9.05. The van der Waals surface area contributed by atoms with Gasteiger partial charge >= 0.3 is 5.97 Å². The maximum Gasteiger partial charge on any atom is 0.308 e. The van der Waals surface area contributed by atoms with Crippen molar-refractivity contribution in [3.05, 3.63) is 36.2 Å². The Bertz CT molecular complexity index is 371. The van der Waals surface area contributed by atoms with Crippen LogP contribution in [0.2, 0.25) is 0 Å². The summed E-state index contributed by atoms with van der Waals surface area (Å²) in [6, 6.07) is 5.55. The van der Waals surface area contributed by atoms with Gasteiger partial charge in [0.2, 0.25) is 0 Å². The van der Waals surface area contributed by atoms with E-state index in [4.69, 9.17) is 9.84 Å². The molecule has 1 N–H and O–H groups in total. The molecule has 0 aliphatic carbocycles. The van der Waals surface area contributed by atoms with Gasteiger partial charge in [-0.1, -0.05) is 13.0 Å². The summed E-state index contributed by atoms with van der Waals surface area (Å²) in [7, 11) is 0. The Hall–Kier alpha value is -1.35. The molecular formula is C13H17O3. The molecule has 1 unspecified atom stereocenters. The van der Waals surface area contributed by atoms with Crippen molar-refractivity contribution in [2.45, 2.75) is 26.2 Å². The number of aliphatic hydroxyl groups excluding tert-OH is 1. The number of aliphatic hydroxyl groups is 1. The van der Waals surface area contributed by atoms with E-state index in [-0.39, 0.29) is 18.5 Å². The maximum atomic E-state index is 10.9. The highest BCUT2D eigenvalue weighted by atomic mass is 16.5. The molecule has 0 amide bonds. The average molecular weight is 221 g/mol. The van der Waals surface area contributed by atoms with Crippen LogP contribution in [0.3, 0.4) is 0 Å². The number of esters is 1. The number of ether oxygens (including phenoxy) is 1. The van der Waals surface area contributed by atoms with Gasteiger partial charge in [0.25, 0.3) is 0 Å². The molecule has 0 heterocycles. The molecule has 1 atom stereocenters. The van der Waals surface area contributed by atoms with E-state index in [0.717, 1.165) is 17.5 Å². The first-order valence-corrected chi connectivity index (χ1v) is 5.33. The summed E-state index contributed by atoms with van der Waals surface area (Å²) in [6.45, 7) is 7.20. The number of carbonyl (C=O) groups is 1. The van der Waals surface area contributed by atoms with Crippen LogP contribution in [0, 0.1) is 6.92 Å². The van der Waals surface area contributed by atoms with Crippen molar-refractivity contribution in [1.29, 1.82) is 0 Å². The topological polar surface area (TPSA) is 46.5 Å². The monoisotopic (exact) mass is 221 g/mol. The first kappa shape index (κ1) is 12.7. The number of hydrogen-bond acceptors (Lipinski definition) is 3. The van der Waals surface area contributed by atoms with Gasteiger partial charge in [0, 0.05) is 19.4 Å². The number of hydrogen-bond donors (Lipinski definition) is 1. The molecule has 3 heteroatoms. The second-order valence-electron chi connectivity index (χ2n) is 3.74. The molecule has 3 nitrogen and oxygen atoms in total. The van der Waals surface area contributed by atoms with Gasteiger partial charge in [-0.15, -0.1) is 0 Å². The summed E-state index contributed by atoms with van der Waals surface area (Å²) in [5.74, 6) is -0.0198. The van der Waals surface area contributed by atoms with Crippen LogP contribution in [0.15, 0.2) is 18.2 Å². The Kier molecular flexibility index (Phi) is 4.50. The summed E-state index contributed by atoms with van der Waals surface area (Å²) < 4.78 is 5.04. The highest BCUT2D eigenvalue weighted by molar-refractivity contribution is 5.69. The third-order valence-corrected chi connectivity index (χ3v) is 2.35. The standard InChI is InChI=1S/C13H17O3/c1-4-11-5-12(9(2)8-14)7-13(6-11)16-10(3)15/h5-7,9,14H,2,4,8H2,1,3H3. The van der Waals surface area contributed by atoms with Gasteiger partial charge in [-0.25, -0.2) is 0 Å². The van der Waals surface area contributed by atoms with Crippen molar-refractivity contribution in [3.8, 4) is 5.75 Å². The normalized spacial score (nSPS) is 12.2. The molecule has 0 saturated heterocycles. The third-order valence-electron chi connectivity index (χ3n) is 2.35. The molecule has 16 heavy (non-hydrogen) atoms. The van der Waals surface area contributed by atoms with Crippen LogP contribution in [0.25, 0.3) is 0 Å². The van der Waals surface area contributed by atoms with Gasteiger partial charge in [0.05, 0.1) is 0 Å². The predicted molar refractivity (Wildman–Crippen MR) is 62.3 cm³/mol. The first-order valence-electron chi connectivity index (χ1n) is 5.33. The molecule has 87 valence electrons. The molecule has 0 aliphatic heterocycles. The molecule has 0 saturated carbocycles. The molecule has 1 rings (SSSR count). The SMILES string of the molecule is [CH2]C(CO)c1cc(CC)cc(OC(C)=O)c1. The fraction of sp³-hybridized carbons (Fsp3) is 0.385. The summed E-state index contributed by atoms with van der Waals surface area (Å²) >= 11 is 0. The molecule has 0 aliphatic rings. The fourth-order valence-electron chi connectivity index (χ4n) is 1.46. The van der Waals surface area contributed by atoms with Crippen LogP contribution in [0.4, 0.5) is 0 Å². The molecule has 1 aromatic carbocycles. The van der Waals surface area contributed by atoms with Gasteiger partial charge in [-0.05, 0) is 36.6 Å². The Morgan fingerprint density at radius 2 is 2.19 bits per heavy atom. The number of aryl methyl sites for hydroxylation is 1. The zero-order valence-electron chi connectivity index (χ0n) is 9.69. The summed E-state index contributed by atoms with van der Waals surface area (Å²) in [5.41, 5.74) is 1.95. The van der Waals surface area contributed by atoms with Crippen LogP contribution in [-0.4, -0.2) is 17.7 Å². The number of benzene rings is 1. The predicted octanol–water partition coefficient (Wildman–Crippen LogP) is 2.08. The van der Waals surface area contributed by atoms with Gasteiger partial charge in [0.15, 0.2) is 0 Å². The molecule has 0 fully saturated rings. The largest absolute Gasteiger partial charge is 0.427 e. The molecule has 1 radical (unpaired) electrons.